The van der Waals surface area contributed by atoms with Gasteiger partial charge in [0.1, 0.15) is 5.76 Å². The van der Waals surface area contributed by atoms with Gasteiger partial charge in [-0.15, -0.1) is 0 Å². The van der Waals surface area contributed by atoms with Crippen LogP contribution in [0, 0.1) is 6.92 Å². The van der Waals surface area contributed by atoms with Gasteiger partial charge in [-0.05, 0) is 46.5 Å². The van der Waals surface area contributed by atoms with Crippen LogP contribution in [0.4, 0.5) is 5.69 Å². The molecule has 2 rings (SSSR count). The number of hydrogen-bond donors (Lipinski definition) is 1. The maximum absolute atomic E-state index is 5.39. The second-order valence-corrected chi connectivity index (χ2v) is 4.86. The topological polar surface area (TPSA) is 25.2 Å². The van der Waals surface area contributed by atoms with E-state index in [-0.39, 0.29) is 0 Å². The van der Waals surface area contributed by atoms with Crippen molar-refractivity contribution in [3.05, 3.63) is 51.9 Å². The Balaban J connectivity index is 2.16. The van der Waals surface area contributed by atoms with Crippen molar-refractivity contribution in [2.75, 3.05) is 5.32 Å². The summed E-state index contributed by atoms with van der Waals surface area (Å²) in [6.45, 7) is 4.99. The molecule has 2 nitrogen and oxygen atoms in total. The Morgan fingerprint density at radius 1 is 1.29 bits per heavy atom. The second-order valence-electron chi connectivity index (χ2n) is 4.01. The molecule has 0 saturated carbocycles. The summed E-state index contributed by atoms with van der Waals surface area (Å²) < 4.78 is 6.40. The number of anilines is 1. The van der Waals surface area contributed by atoms with Gasteiger partial charge in [-0.2, -0.15) is 0 Å². The summed E-state index contributed by atoms with van der Waals surface area (Å²) >= 11 is 3.46. The molecule has 0 saturated heterocycles. The smallest absolute Gasteiger partial charge is 0.136 e. The molecule has 0 amide bonds. The van der Waals surface area contributed by atoms with Crippen molar-refractivity contribution in [1.29, 1.82) is 0 Å². The number of rotatable bonds is 4. The average Bonchev–Trinajstić information content (AvgIpc) is 2.73. The third kappa shape index (κ3) is 2.72. The highest BCUT2D eigenvalue weighted by molar-refractivity contribution is 9.10. The van der Waals surface area contributed by atoms with Crippen molar-refractivity contribution in [3.63, 3.8) is 0 Å². The molecule has 0 spiro atoms. The monoisotopic (exact) mass is 293 g/mol. The molecule has 1 N–H and O–H groups in total. The molecule has 1 aromatic carbocycles. The van der Waals surface area contributed by atoms with Gasteiger partial charge in [-0.25, -0.2) is 0 Å². The van der Waals surface area contributed by atoms with E-state index in [4.69, 9.17) is 4.42 Å². The van der Waals surface area contributed by atoms with Crippen molar-refractivity contribution < 1.29 is 4.42 Å². The zero-order valence-electron chi connectivity index (χ0n) is 10.1. The van der Waals surface area contributed by atoms with Crippen LogP contribution in [0.2, 0.25) is 0 Å². The number of hydrogen-bond acceptors (Lipinski definition) is 2. The number of nitrogens with one attached hydrogen (secondary N) is 1. The van der Waals surface area contributed by atoms with Crippen LogP contribution in [0.15, 0.2) is 39.4 Å². The number of furan rings is 1. The first-order chi connectivity index (χ1) is 8.22. The summed E-state index contributed by atoms with van der Waals surface area (Å²) in [6, 6.07) is 8.29. The molecule has 1 heterocycles. The number of para-hydroxylation sites is 1. The van der Waals surface area contributed by atoms with Gasteiger partial charge in [-0.1, -0.05) is 25.1 Å². The van der Waals surface area contributed by atoms with Crippen LogP contribution in [-0.4, -0.2) is 0 Å². The van der Waals surface area contributed by atoms with E-state index in [9.17, 15) is 0 Å². The van der Waals surface area contributed by atoms with Crippen LogP contribution < -0.4 is 5.32 Å². The molecule has 0 aliphatic heterocycles. The van der Waals surface area contributed by atoms with Crippen molar-refractivity contribution in [2.45, 2.75) is 26.8 Å². The molecule has 0 fully saturated rings. The normalized spacial score (nSPS) is 10.5. The fourth-order valence-corrected chi connectivity index (χ4v) is 2.24. The van der Waals surface area contributed by atoms with Crippen molar-refractivity contribution >= 4 is 21.6 Å². The van der Waals surface area contributed by atoms with Gasteiger partial charge < -0.3 is 9.73 Å². The molecule has 1 aromatic heterocycles. The van der Waals surface area contributed by atoms with E-state index in [0.29, 0.717) is 6.54 Å². The molecular weight excluding hydrogens is 278 g/mol. The lowest BCUT2D eigenvalue weighted by molar-refractivity contribution is 0.516. The number of benzene rings is 1. The van der Waals surface area contributed by atoms with Gasteiger partial charge in [0.25, 0.3) is 0 Å². The van der Waals surface area contributed by atoms with E-state index >= 15 is 0 Å². The zero-order chi connectivity index (χ0) is 12.3. The van der Waals surface area contributed by atoms with Gasteiger partial charge in [0, 0.05) is 5.69 Å². The van der Waals surface area contributed by atoms with E-state index in [2.05, 4.69) is 53.3 Å². The highest BCUT2D eigenvalue weighted by Crippen LogP contribution is 2.24. The Morgan fingerprint density at radius 2 is 2.12 bits per heavy atom. The van der Waals surface area contributed by atoms with Crippen LogP contribution in [0.1, 0.15) is 23.8 Å². The lowest BCUT2D eigenvalue weighted by Gasteiger charge is -2.13. The average molecular weight is 294 g/mol. The minimum Gasteiger partial charge on any atom is -0.466 e. The van der Waals surface area contributed by atoms with E-state index in [1.807, 2.05) is 6.07 Å². The Kier molecular flexibility index (Phi) is 3.89. The summed E-state index contributed by atoms with van der Waals surface area (Å²) in [5.74, 6) is 0.926. The van der Waals surface area contributed by atoms with Crippen molar-refractivity contribution in [3.8, 4) is 0 Å². The summed E-state index contributed by atoms with van der Waals surface area (Å²) in [5, 5.41) is 3.45. The van der Waals surface area contributed by atoms with Crippen LogP contribution in [0.3, 0.4) is 0 Å². The quantitative estimate of drug-likeness (QED) is 0.896. The zero-order valence-corrected chi connectivity index (χ0v) is 11.7. The SMILES string of the molecule is CCc1cccc(C)c1NCc1occc1Br. The molecular formula is C14H16BrNO. The molecule has 0 aliphatic carbocycles. The second kappa shape index (κ2) is 5.41. The first kappa shape index (κ1) is 12.2. The molecule has 3 heteroatoms. The molecule has 0 unspecified atom stereocenters. The molecule has 17 heavy (non-hydrogen) atoms. The van der Waals surface area contributed by atoms with E-state index < -0.39 is 0 Å². The van der Waals surface area contributed by atoms with Crippen LogP contribution >= 0.6 is 15.9 Å². The van der Waals surface area contributed by atoms with E-state index in [1.54, 1.807) is 6.26 Å². The van der Waals surface area contributed by atoms with E-state index in [0.717, 1.165) is 16.7 Å². The maximum atomic E-state index is 5.39. The number of aryl methyl sites for hydroxylation is 2. The lowest BCUT2D eigenvalue weighted by Crippen LogP contribution is -2.03. The minimum atomic E-state index is 0.700. The van der Waals surface area contributed by atoms with Gasteiger partial charge in [0.2, 0.25) is 0 Å². The Morgan fingerprint density at radius 3 is 2.76 bits per heavy atom. The van der Waals surface area contributed by atoms with Gasteiger partial charge in [0.05, 0.1) is 17.3 Å². The van der Waals surface area contributed by atoms with Crippen LogP contribution in [0.25, 0.3) is 0 Å². The third-order valence-corrected chi connectivity index (χ3v) is 3.56. The fraction of sp³-hybridized carbons (Fsp3) is 0.286. The predicted molar refractivity (Wildman–Crippen MR) is 74.3 cm³/mol. The summed E-state index contributed by atoms with van der Waals surface area (Å²) in [5.41, 5.74) is 3.83. The van der Waals surface area contributed by atoms with Gasteiger partial charge >= 0.3 is 0 Å². The first-order valence-electron chi connectivity index (χ1n) is 5.76. The molecule has 90 valence electrons. The third-order valence-electron chi connectivity index (χ3n) is 2.86. The largest absolute Gasteiger partial charge is 0.466 e. The Hall–Kier alpha value is -1.22. The fourth-order valence-electron chi connectivity index (χ4n) is 1.90. The van der Waals surface area contributed by atoms with Gasteiger partial charge in [-0.3, -0.25) is 0 Å². The standard InChI is InChI=1S/C14H16BrNO/c1-3-11-6-4-5-10(2)14(11)16-9-13-12(15)7-8-17-13/h4-8,16H,3,9H2,1-2H3. The van der Waals surface area contributed by atoms with Crippen molar-refractivity contribution in [2.24, 2.45) is 0 Å². The number of halogens is 1. The van der Waals surface area contributed by atoms with Crippen LogP contribution in [-0.2, 0) is 13.0 Å². The summed E-state index contributed by atoms with van der Waals surface area (Å²) in [6.07, 6.45) is 2.73. The molecule has 2 aromatic rings. The molecule has 0 bridgehead atoms. The predicted octanol–water partition coefficient (Wildman–Crippen LogP) is 4.53. The molecule has 0 aliphatic rings. The van der Waals surface area contributed by atoms with E-state index in [1.165, 1.54) is 16.8 Å². The first-order valence-corrected chi connectivity index (χ1v) is 6.56. The highest BCUT2D eigenvalue weighted by atomic mass is 79.9. The van der Waals surface area contributed by atoms with Crippen LogP contribution in [0.5, 0.6) is 0 Å². The molecule has 0 atom stereocenters. The highest BCUT2D eigenvalue weighted by Gasteiger charge is 2.06. The Bertz CT molecular complexity index is 505. The molecule has 0 radical (unpaired) electrons. The minimum absolute atomic E-state index is 0.700. The maximum Gasteiger partial charge on any atom is 0.136 e. The summed E-state index contributed by atoms with van der Waals surface area (Å²) in [4.78, 5) is 0. The Labute approximate surface area is 110 Å². The van der Waals surface area contributed by atoms with Gasteiger partial charge in [0.15, 0.2) is 0 Å². The van der Waals surface area contributed by atoms with Crippen molar-refractivity contribution in [1.82, 2.24) is 0 Å². The lowest BCUT2D eigenvalue weighted by atomic mass is 10.1. The summed E-state index contributed by atoms with van der Waals surface area (Å²) in [7, 11) is 0.